The van der Waals surface area contributed by atoms with E-state index in [1.165, 1.54) is 16.9 Å². The second-order valence-corrected chi connectivity index (χ2v) is 8.23. The van der Waals surface area contributed by atoms with Crippen LogP contribution in [0.25, 0.3) is 6.08 Å². The molecular weight excluding hydrogens is 374 g/mol. The van der Waals surface area contributed by atoms with Crippen LogP contribution in [0.3, 0.4) is 0 Å². The molecule has 1 aliphatic heterocycles. The second-order valence-electron chi connectivity index (χ2n) is 8.23. The molecule has 1 heterocycles. The van der Waals surface area contributed by atoms with Crippen LogP contribution in [-0.2, 0) is 4.79 Å². The zero-order chi connectivity index (χ0) is 20.9. The van der Waals surface area contributed by atoms with Gasteiger partial charge in [-0.25, -0.2) is 4.79 Å². The van der Waals surface area contributed by atoms with Gasteiger partial charge in [0.05, 0.1) is 6.04 Å². The van der Waals surface area contributed by atoms with E-state index in [0.717, 1.165) is 36.9 Å². The van der Waals surface area contributed by atoms with Crippen molar-refractivity contribution < 1.29 is 9.59 Å². The molecule has 4 rings (SSSR count). The number of nitrogens with one attached hydrogen (secondary N) is 2. The topological polar surface area (TPSA) is 61.4 Å². The van der Waals surface area contributed by atoms with E-state index in [-0.39, 0.29) is 24.0 Å². The molecule has 0 radical (unpaired) electrons. The van der Waals surface area contributed by atoms with E-state index in [9.17, 15) is 9.59 Å². The SMILES string of the molecule is Cc1ccc(N[C@H](/C=C/c2ccccc2)[C@H]2NC(=O)N(C3CCCCC3)C2=O)cc1. The molecule has 1 saturated carbocycles. The molecule has 2 fully saturated rings. The third-order valence-corrected chi connectivity index (χ3v) is 5.98. The minimum Gasteiger partial charge on any atom is -0.376 e. The minimum atomic E-state index is -0.624. The summed E-state index contributed by atoms with van der Waals surface area (Å²) in [7, 11) is 0. The van der Waals surface area contributed by atoms with Crippen molar-refractivity contribution in [3.8, 4) is 0 Å². The Morgan fingerprint density at radius 2 is 1.70 bits per heavy atom. The summed E-state index contributed by atoms with van der Waals surface area (Å²) in [5.74, 6) is -0.130. The number of carbonyl (C=O) groups excluding carboxylic acids is 2. The largest absolute Gasteiger partial charge is 0.376 e. The first-order valence-electron chi connectivity index (χ1n) is 10.8. The van der Waals surface area contributed by atoms with Gasteiger partial charge in [-0.15, -0.1) is 0 Å². The van der Waals surface area contributed by atoms with Crippen molar-refractivity contribution in [2.75, 3.05) is 5.32 Å². The highest BCUT2D eigenvalue weighted by Gasteiger charge is 2.45. The summed E-state index contributed by atoms with van der Waals surface area (Å²) in [4.78, 5) is 27.5. The van der Waals surface area contributed by atoms with Gasteiger partial charge < -0.3 is 10.6 Å². The number of nitrogens with zero attached hydrogens (tertiary/aromatic N) is 1. The first-order chi connectivity index (χ1) is 14.6. The van der Waals surface area contributed by atoms with Crippen LogP contribution in [0.15, 0.2) is 60.7 Å². The quantitative estimate of drug-likeness (QED) is 0.685. The van der Waals surface area contributed by atoms with E-state index in [1.54, 1.807) is 0 Å². The van der Waals surface area contributed by atoms with E-state index in [1.807, 2.05) is 73.7 Å². The molecule has 2 atom stereocenters. The third kappa shape index (κ3) is 4.56. The van der Waals surface area contributed by atoms with Crippen LogP contribution in [0.5, 0.6) is 0 Å². The minimum absolute atomic E-state index is 0.0226. The lowest BCUT2D eigenvalue weighted by molar-refractivity contribution is -0.129. The van der Waals surface area contributed by atoms with Gasteiger partial charge in [0.15, 0.2) is 0 Å². The zero-order valence-corrected chi connectivity index (χ0v) is 17.4. The van der Waals surface area contributed by atoms with E-state index in [4.69, 9.17) is 0 Å². The molecule has 30 heavy (non-hydrogen) atoms. The van der Waals surface area contributed by atoms with Gasteiger partial charge in [-0.05, 0) is 37.5 Å². The van der Waals surface area contributed by atoms with Gasteiger partial charge in [-0.1, -0.05) is 79.4 Å². The maximum absolute atomic E-state index is 13.3. The fourth-order valence-corrected chi connectivity index (χ4v) is 4.31. The van der Waals surface area contributed by atoms with Gasteiger partial charge in [-0.3, -0.25) is 9.69 Å². The Labute approximate surface area is 178 Å². The molecule has 156 valence electrons. The summed E-state index contributed by atoms with van der Waals surface area (Å²) < 4.78 is 0. The van der Waals surface area contributed by atoms with E-state index in [0.29, 0.717) is 0 Å². The zero-order valence-electron chi connectivity index (χ0n) is 17.4. The summed E-state index contributed by atoms with van der Waals surface area (Å²) in [6.07, 6.45) is 9.11. The van der Waals surface area contributed by atoms with Gasteiger partial charge >= 0.3 is 6.03 Å². The Bertz CT molecular complexity index is 902. The first kappa shape index (κ1) is 20.2. The van der Waals surface area contributed by atoms with Crippen molar-refractivity contribution in [3.05, 3.63) is 71.8 Å². The van der Waals surface area contributed by atoms with E-state index in [2.05, 4.69) is 10.6 Å². The van der Waals surface area contributed by atoms with Crippen LogP contribution < -0.4 is 10.6 Å². The van der Waals surface area contributed by atoms with Gasteiger partial charge in [0.2, 0.25) is 0 Å². The van der Waals surface area contributed by atoms with Gasteiger partial charge in [0, 0.05) is 11.7 Å². The molecule has 3 amide bonds. The number of anilines is 1. The molecule has 1 saturated heterocycles. The maximum Gasteiger partial charge on any atom is 0.325 e. The summed E-state index contributed by atoms with van der Waals surface area (Å²) in [5, 5.41) is 6.39. The fourth-order valence-electron chi connectivity index (χ4n) is 4.31. The third-order valence-electron chi connectivity index (χ3n) is 5.98. The monoisotopic (exact) mass is 403 g/mol. The van der Waals surface area contributed by atoms with Crippen molar-refractivity contribution in [2.45, 2.75) is 57.2 Å². The summed E-state index contributed by atoms with van der Waals surface area (Å²) >= 11 is 0. The number of benzene rings is 2. The number of aryl methyl sites for hydroxylation is 1. The number of urea groups is 1. The summed E-state index contributed by atoms with van der Waals surface area (Å²) in [6, 6.07) is 16.8. The number of carbonyl (C=O) groups is 2. The van der Waals surface area contributed by atoms with Gasteiger partial charge in [-0.2, -0.15) is 0 Å². The molecule has 0 unspecified atom stereocenters. The maximum atomic E-state index is 13.3. The van der Waals surface area contributed by atoms with Crippen LogP contribution in [0.2, 0.25) is 0 Å². The predicted molar refractivity (Wildman–Crippen MR) is 120 cm³/mol. The van der Waals surface area contributed by atoms with Crippen molar-refractivity contribution in [2.24, 2.45) is 0 Å². The predicted octanol–water partition coefficient (Wildman–Crippen LogP) is 4.74. The lowest BCUT2D eigenvalue weighted by Crippen LogP contribution is -2.45. The highest BCUT2D eigenvalue weighted by molar-refractivity contribution is 6.05. The Balaban J connectivity index is 1.57. The van der Waals surface area contributed by atoms with Crippen LogP contribution in [0.1, 0.15) is 43.2 Å². The normalized spacial score (nSPS) is 21.1. The molecule has 5 nitrogen and oxygen atoms in total. The van der Waals surface area contributed by atoms with Gasteiger partial charge in [0.1, 0.15) is 6.04 Å². The van der Waals surface area contributed by atoms with Gasteiger partial charge in [0.25, 0.3) is 5.91 Å². The molecule has 1 aliphatic carbocycles. The highest BCUT2D eigenvalue weighted by atomic mass is 16.2. The molecular formula is C25H29N3O2. The molecule has 0 spiro atoms. The highest BCUT2D eigenvalue weighted by Crippen LogP contribution is 2.27. The molecule has 2 aromatic carbocycles. The number of amides is 3. The lowest BCUT2D eigenvalue weighted by atomic mass is 9.94. The van der Waals surface area contributed by atoms with Crippen LogP contribution in [0.4, 0.5) is 10.5 Å². The molecule has 2 aliphatic rings. The fraction of sp³-hybridized carbons (Fsp3) is 0.360. The number of hydrogen-bond acceptors (Lipinski definition) is 3. The van der Waals surface area contributed by atoms with E-state index >= 15 is 0 Å². The van der Waals surface area contributed by atoms with Crippen molar-refractivity contribution >= 4 is 23.7 Å². The first-order valence-corrected chi connectivity index (χ1v) is 10.8. The molecule has 2 aromatic rings. The average molecular weight is 404 g/mol. The lowest BCUT2D eigenvalue weighted by Gasteiger charge is -2.29. The van der Waals surface area contributed by atoms with Crippen molar-refractivity contribution in [1.82, 2.24) is 10.2 Å². The molecule has 0 bridgehead atoms. The number of imide groups is 1. The average Bonchev–Trinajstić information content (AvgIpc) is 3.07. The number of rotatable bonds is 6. The summed E-state index contributed by atoms with van der Waals surface area (Å²) in [6.45, 7) is 2.04. The Hall–Kier alpha value is -3.08. The smallest absolute Gasteiger partial charge is 0.325 e. The Morgan fingerprint density at radius 3 is 2.40 bits per heavy atom. The van der Waals surface area contributed by atoms with Crippen molar-refractivity contribution in [3.63, 3.8) is 0 Å². The second kappa shape index (κ2) is 9.16. The Morgan fingerprint density at radius 1 is 1.00 bits per heavy atom. The molecule has 2 N–H and O–H groups in total. The molecule has 5 heteroatoms. The van der Waals surface area contributed by atoms with Crippen LogP contribution in [-0.4, -0.2) is 35.0 Å². The van der Waals surface area contributed by atoms with Crippen molar-refractivity contribution in [1.29, 1.82) is 0 Å². The van der Waals surface area contributed by atoms with Crippen LogP contribution >= 0.6 is 0 Å². The Kier molecular flexibility index (Phi) is 6.17. The molecule has 0 aromatic heterocycles. The number of hydrogen-bond donors (Lipinski definition) is 2. The summed E-state index contributed by atoms with van der Waals surface area (Å²) in [5.41, 5.74) is 3.14. The van der Waals surface area contributed by atoms with E-state index < -0.39 is 6.04 Å². The standard InChI is InChI=1S/C25H29N3O2/c1-18-12-15-20(16-13-18)26-22(17-14-19-8-4-2-5-9-19)23-24(29)28(25(30)27-23)21-10-6-3-7-11-21/h2,4-5,8-9,12-17,21-23,26H,3,6-7,10-11H2,1H3,(H,27,30)/b17-14+/t22-,23-/m1/s1. The van der Waals surface area contributed by atoms with Crippen LogP contribution in [0, 0.1) is 6.92 Å².